The van der Waals surface area contributed by atoms with Gasteiger partial charge in [-0.25, -0.2) is 4.79 Å². The molecule has 300 valence electrons. The first kappa shape index (κ1) is 42.1. The van der Waals surface area contributed by atoms with Gasteiger partial charge in [0.2, 0.25) is 6.29 Å². The molecule has 0 radical (unpaired) electrons. The lowest BCUT2D eigenvalue weighted by molar-refractivity contribution is -0.142. The van der Waals surface area contributed by atoms with Crippen molar-refractivity contribution >= 4 is 35.1 Å². The van der Waals surface area contributed by atoms with E-state index in [9.17, 15) is 9.59 Å². The number of aromatic nitrogens is 2. The summed E-state index contributed by atoms with van der Waals surface area (Å²) >= 11 is 0. The van der Waals surface area contributed by atoms with Crippen LogP contribution in [0.1, 0.15) is 79.3 Å². The van der Waals surface area contributed by atoms with Crippen molar-refractivity contribution in [1.29, 1.82) is 0 Å². The van der Waals surface area contributed by atoms with Crippen LogP contribution < -0.4 is 20.4 Å². The number of benzene rings is 2. The van der Waals surface area contributed by atoms with Gasteiger partial charge >= 0.3 is 6.09 Å². The van der Waals surface area contributed by atoms with E-state index in [0.29, 0.717) is 32.0 Å². The van der Waals surface area contributed by atoms with Crippen LogP contribution in [0, 0.1) is 13.8 Å². The van der Waals surface area contributed by atoms with E-state index >= 15 is 0 Å². The molecule has 2 N–H and O–H groups in total. The number of nitrogens with zero attached hydrogens (tertiary/aromatic N) is 5. The number of pyridine rings is 2. The summed E-state index contributed by atoms with van der Waals surface area (Å²) in [6.07, 6.45) is 4.48. The van der Waals surface area contributed by atoms with E-state index < -0.39 is 11.9 Å². The third-order valence-corrected chi connectivity index (χ3v) is 9.29. The molecule has 2 fully saturated rings. The Bertz CT molecular complexity index is 1840. The van der Waals surface area contributed by atoms with E-state index in [4.69, 9.17) is 14.2 Å². The standard InChI is InChI=1S/C27H39N3O4.C17H20N4O/c1-7-32-25(33-8-2)24-10-9-21(19-28-24)17-22-15-20(3)16-23(18-22)29-11-13-30(14-12-29)26(31)34-27(4,5)6;1-13-8-16(20-14-2-3-15(12-22)19-11-14)10-17(9-13)21-6-4-18-5-7-21/h9-10,15-16,18-19,25H,7-8,11-14,17H2,1-6H3;2-3,8-12,18,20H,4-7H2,1H3. The highest BCUT2D eigenvalue weighted by molar-refractivity contribution is 5.73. The zero-order valence-electron chi connectivity index (χ0n) is 34.1. The van der Waals surface area contributed by atoms with E-state index in [1.807, 2.05) is 52.9 Å². The molecular weight excluding hydrogens is 707 g/mol. The Hall–Kier alpha value is -5.04. The van der Waals surface area contributed by atoms with Crippen molar-refractivity contribution in [2.24, 2.45) is 0 Å². The largest absolute Gasteiger partial charge is 0.444 e. The highest BCUT2D eigenvalue weighted by Crippen LogP contribution is 2.26. The van der Waals surface area contributed by atoms with Gasteiger partial charge in [-0.05, 0) is 126 Å². The third-order valence-electron chi connectivity index (χ3n) is 9.29. The quantitative estimate of drug-likeness (QED) is 0.110. The summed E-state index contributed by atoms with van der Waals surface area (Å²) in [6.45, 7) is 22.0. The molecule has 4 aromatic rings. The van der Waals surface area contributed by atoms with Crippen LogP contribution in [0.5, 0.6) is 0 Å². The number of aldehydes is 1. The van der Waals surface area contributed by atoms with Crippen LogP contribution in [0.15, 0.2) is 73.1 Å². The molecule has 4 heterocycles. The van der Waals surface area contributed by atoms with Crippen molar-refractivity contribution in [1.82, 2.24) is 20.2 Å². The van der Waals surface area contributed by atoms with Gasteiger partial charge < -0.3 is 39.5 Å². The normalized spacial score (nSPS) is 14.6. The average molecular weight is 766 g/mol. The molecule has 12 heteroatoms. The maximum absolute atomic E-state index is 12.4. The number of amides is 1. The summed E-state index contributed by atoms with van der Waals surface area (Å²) in [6, 6.07) is 20.8. The summed E-state index contributed by atoms with van der Waals surface area (Å²) in [5.74, 6) is 0. The van der Waals surface area contributed by atoms with Crippen molar-refractivity contribution in [3.8, 4) is 0 Å². The monoisotopic (exact) mass is 765 g/mol. The fraction of sp³-hybridized carbons (Fsp3) is 0.455. The number of piperazine rings is 2. The molecular formula is C44H59N7O5. The Morgan fingerprint density at radius 1 is 0.786 bits per heavy atom. The Labute approximate surface area is 332 Å². The second-order valence-corrected chi connectivity index (χ2v) is 15.2. The van der Waals surface area contributed by atoms with Crippen LogP contribution in [0.2, 0.25) is 0 Å². The summed E-state index contributed by atoms with van der Waals surface area (Å²) < 4.78 is 16.8. The fourth-order valence-corrected chi connectivity index (χ4v) is 6.69. The average Bonchev–Trinajstić information content (AvgIpc) is 3.18. The van der Waals surface area contributed by atoms with Crippen LogP contribution in [0.4, 0.5) is 27.5 Å². The highest BCUT2D eigenvalue weighted by atomic mass is 16.7. The van der Waals surface area contributed by atoms with E-state index in [-0.39, 0.29) is 6.09 Å². The molecule has 0 spiro atoms. The van der Waals surface area contributed by atoms with Crippen molar-refractivity contribution in [2.75, 3.05) is 80.7 Å². The molecule has 2 aromatic heterocycles. The number of nitrogens with one attached hydrogen (secondary N) is 2. The molecule has 12 nitrogen and oxygen atoms in total. The maximum Gasteiger partial charge on any atom is 0.410 e. The zero-order chi connectivity index (χ0) is 40.1. The van der Waals surface area contributed by atoms with Gasteiger partial charge in [-0.3, -0.25) is 14.8 Å². The number of carbonyl (C=O) groups excluding carboxylic acids is 2. The number of anilines is 4. The zero-order valence-corrected chi connectivity index (χ0v) is 34.1. The van der Waals surface area contributed by atoms with Crippen LogP contribution in [0.25, 0.3) is 0 Å². The molecule has 0 atom stereocenters. The number of ether oxygens (including phenoxy) is 3. The molecule has 0 unspecified atom stereocenters. The Morgan fingerprint density at radius 3 is 2.04 bits per heavy atom. The summed E-state index contributed by atoms with van der Waals surface area (Å²) in [4.78, 5) is 38.2. The van der Waals surface area contributed by atoms with Gasteiger partial charge in [0.1, 0.15) is 11.3 Å². The molecule has 2 aliphatic rings. The van der Waals surface area contributed by atoms with Gasteiger partial charge in [0.25, 0.3) is 0 Å². The molecule has 56 heavy (non-hydrogen) atoms. The number of aryl methyl sites for hydroxylation is 2. The third kappa shape index (κ3) is 12.8. The topological polar surface area (TPSA) is 121 Å². The first-order valence-corrected chi connectivity index (χ1v) is 19.7. The van der Waals surface area contributed by atoms with Crippen molar-refractivity contribution in [2.45, 2.75) is 66.8 Å². The summed E-state index contributed by atoms with van der Waals surface area (Å²) in [7, 11) is 0. The van der Waals surface area contributed by atoms with Gasteiger partial charge in [-0.1, -0.05) is 12.1 Å². The molecule has 2 aromatic carbocycles. The molecule has 6 rings (SSSR count). The van der Waals surface area contributed by atoms with Gasteiger partial charge in [-0.2, -0.15) is 0 Å². The van der Waals surface area contributed by atoms with Crippen LogP contribution >= 0.6 is 0 Å². The Balaban J connectivity index is 0.000000234. The van der Waals surface area contributed by atoms with E-state index in [0.717, 1.165) is 74.6 Å². The first-order valence-electron chi connectivity index (χ1n) is 19.7. The maximum atomic E-state index is 12.4. The van der Waals surface area contributed by atoms with E-state index in [1.54, 1.807) is 17.2 Å². The SMILES string of the molecule is CCOC(OCC)c1ccc(Cc2cc(C)cc(N3CCN(C(=O)OC(C)(C)C)CC3)c2)cn1.Cc1cc(Nc2ccc(C=O)nc2)cc(N2CCNCC2)c1. The molecule has 1 amide bonds. The van der Waals surface area contributed by atoms with Gasteiger partial charge in [0.15, 0.2) is 6.29 Å². The molecule has 0 aliphatic carbocycles. The number of hydrogen-bond acceptors (Lipinski definition) is 11. The number of hydrogen-bond donors (Lipinski definition) is 2. The second kappa shape index (κ2) is 20.2. The predicted molar refractivity (Wildman–Crippen MR) is 223 cm³/mol. The number of rotatable bonds is 12. The lowest BCUT2D eigenvalue weighted by Gasteiger charge is -2.37. The Morgan fingerprint density at radius 2 is 1.45 bits per heavy atom. The summed E-state index contributed by atoms with van der Waals surface area (Å²) in [5, 5.41) is 6.73. The number of carbonyl (C=O) groups is 2. The molecule has 2 saturated heterocycles. The lowest BCUT2D eigenvalue weighted by Crippen LogP contribution is -2.50. The minimum absolute atomic E-state index is 0.232. The van der Waals surface area contributed by atoms with Gasteiger partial charge in [0.05, 0.1) is 17.6 Å². The van der Waals surface area contributed by atoms with Crippen LogP contribution in [-0.4, -0.2) is 98.4 Å². The Kier molecular flexibility index (Phi) is 15.2. The molecule has 0 bridgehead atoms. The smallest absolute Gasteiger partial charge is 0.410 e. The van der Waals surface area contributed by atoms with Crippen LogP contribution in [-0.2, 0) is 20.6 Å². The first-order chi connectivity index (χ1) is 26.9. The molecule has 2 aliphatic heterocycles. The van der Waals surface area contributed by atoms with Gasteiger partial charge in [0, 0.05) is 88.8 Å². The fourth-order valence-electron chi connectivity index (χ4n) is 6.69. The van der Waals surface area contributed by atoms with Crippen molar-refractivity contribution in [3.63, 3.8) is 0 Å². The van der Waals surface area contributed by atoms with Crippen LogP contribution in [0.3, 0.4) is 0 Å². The minimum Gasteiger partial charge on any atom is -0.444 e. The van der Waals surface area contributed by atoms with Gasteiger partial charge in [-0.15, -0.1) is 0 Å². The predicted octanol–water partition coefficient (Wildman–Crippen LogP) is 7.47. The molecule has 0 saturated carbocycles. The summed E-state index contributed by atoms with van der Waals surface area (Å²) in [5.41, 5.74) is 9.92. The minimum atomic E-state index is -0.473. The van der Waals surface area contributed by atoms with E-state index in [1.165, 1.54) is 28.1 Å². The highest BCUT2D eigenvalue weighted by Gasteiger charge is 2.26. The van der Waals surface area contributed by atoms with Crippen molar-refractivity contribution < 1.29 is 23.8 Å². The van der Waals surface area contributed by atoms with E-state index in [2.05, 4.69) is 86.7 Å². The van der Waals surface area contributed by atoms with Crippen molar-refractivity contribution in [3.05, 3.63) is 107 Å². The lowest BCUT2D eigenvalue weighted by atomic mass is 10.0. The second-order valence-electron chi connectivity index (χ2n) is 15.2.